The molecule has 18 heavy (non-hydrogen) atoms. The van der Waals surface area contributed by atoms with Crippen molar-refractivity contribution in [1.29, 1.82) is 0 Å². The summed E-state index contributed by atoms with van der Waals surface area (Å²) in [7, 11) is 0. The summed E-state index contributed by atoms with van der Waals surface area (Å²) in [5, 5.41) is 6.89. The van der Waals surface area contributed by atoms with E-state index < -0.39 is 0 Å². The fourth-order valence-electron chi connectivity index (χ4n) is 1.99. The van der Waals surface area contributed by atoms with Gasteiger partial charge in [-0.2, -0.15) is 0 Å². The number of carbonyl (C=O) groups is 1. The molecule has 0 unspecified atom stereocenters. The van der Waals surface area contributed by atoms with Crippen LogP contribution in [0.2, 0.25) is 0 Å². The molecule has 1 aliphatic heterocycles. The molecule has 2 rings (SSSR count). The molecule has 1 saturated heterocycles. The van der Waals surface area contributed by atoms with Crippen LogP contribution in [-0.2, 0) is 11.2 Å². The second-order valence-electron chi connectivity index (χ2n) is 4.44. The molecule has 0 saturated carbocycles. The van der Waals surface area contributed by atoms with E-state index in [-0.39, 0.29) is 5.91 Å². The van der Waals surface area contributed by atoms with Crippen LogP contribution in [0.4, 0.5) is 0 Å². The first kappa shape index (κ1) is 13.5. The summed E-state index contributed by atoms with van der Waals surface area (Å²) in [5.74, 6) is 1.62. The fourth-order valence-corrected chi connectivity index (χ4v) is 3.04. The summed E-state index contributed by atoms with van der Waals surface area (Å²) >= 11 is 1.78. The highest BCUT2D eigenvalue weighted by molar-refractivity contribution is 8.00. The minimum Gasteiger partial charge on any atom is -0.469 e. The van der Waals surface area contributed by atoms with E-state index in [2.05, 4.69) is 10.6 Å². The molecule has 2 N–H and O–H groups in total. The minimum atomic E-state index is 0.130. The van der Waals surface area contributed by atoms with Crippen LogP contribution < -0.4 is 10.6 Å². The van der Waals surface area contributed by atoms with Gasteiger partial charge in [0, 0.05) is 18.2 Å². The van der Waals surface area contributed by atoms with Crippen molar-refractivity contribution >= 4 is 17.7 Å². The zero-order chi connectivity index (χ0) is 12.6. The van der Waals surface area contributed by atoms with Crippen molar-refractivity contribution in [2.45, 2.75) is 24.5 Å². The lowest BCUT2D eigenvalue weighted by molar-refractivity contribution is -0.118. The normalized spacial score (nSPS) is 16.7. The highest BCUT2D eigenvalue weighted by Gasteiger charge is 2.14. The maximum Gasteiger partial charge on any atom is 0.230 e. The molecule has 1 fully saturated rings. The second-order valence-corrected chi connectivity index (χ2v) is 5.73. The Bertz CT molecular complexity index is 348. The van der Waals surface area contributed by atoms with Crippen molar-refractivity contribution in [2.24, 2.45) is 0 Å². The molecule has 100 valence electrons. The Kier molecular flexibility index (Phi) is 5.61. The predicted molar refractivity (Wildman–Crippen MR) is 73.8 cm³/mol. The Morgan fingerprint density at radius 2 is 2.33 bits per heavy atom. The van der Waals surface area contributed by atoms with Gasteiger partial charge in [0.15, 0.2) is 0 Å². The topological polar surface area (TPSA) is 54.3 Å². The molecule has 1 aromatic heterocycles. The number of rotatable bonds is 6. The highest BCUT2D eigenvalue weighted by Crippen LogP contribution is 2.19. The minimum absolute atomic E-state index is 0.130. The van der Waals surface area contributed by atoms with Gasteiger partial charge in [-0.3, -0.25) is 4.79 Å². The molecular formula is C13H20N2O2S. The molecule has 1 amide bonds. The molecule has 0 aliphatic carbocycles. The first-order chi connectivity index (χ1) is 8.84. The van der Waals surface area contributed by atoms with E-state index in [1.807, 2.05) is 12.1 Å². The van der Waals surface area contributed by atoms with E-state index in [1.165, 1.54) is 12.8 Å². The third kappa shape index (κ3) is 4.74. The maximum absolute atomic E-state index is 11.6. The van der Waals surface area contributed by atoms with E-state index >= 15 is 0 Å². The van der Waals surface area contributed by atoms with Crippen molar-refractivity contribution in [3.8, 4) is 0 Å². The van der Waals surface area contributed by atoms with E-state index in [4.69, 9.17) is 4.42 Å². The Labute approximate surface area is 112 Å². The summed E-state index contributed by atoms with van der Waals surface area (Å²) in [6.07, 6.45) is 4.76. The van der Waals surface area contributed by atoms with Gasteiger partial charge in [0.05, 0.1) is 12.0 Å². The van der Waals surface area contributed by atoms with E-state index in [9.17, 15) is 4.79 Å². The largest absolute Gasteiger partial charge is 0.469 e. The molecule has 0 atom stereocenters. The van der Waals surface area contributed by atoms with Gasteiger partial charge in [0.2, 0.25) is 5.91 Å². The van der Waals surface area contributed by atoms with Gasteiger partial charge in [-0.15, -0.1) is 11.8 Å². The van der Waals surface area contributed by atoms with Crippen molar-refractivity contribution in [1.82, 2.24) is 10.6 Å². The Morgan fingerprint density at radius 3 is 3.06 bits per heavy atom. The fraction of sp³-hybridized carbons (Fsp3) is 0.615. The molecule has 4 nitrogen and oxygen atoms in total. The van der Waals surface area contributed by atoms with Crippen molar-refractivity contribution in [2.75, 3.05) is 25.4 Å². The molecule has 1 aliphatic rings. The first-order valence-corrected chi connectivity index (χ1v) is 7.51. The van der Waals surface area contributed by atoms with Gasteiger partial charge in [-0.05, 0) is 38.1 Å². The Hall–Kier alpha value is -0.940. The highest BCUT2D eigenvalue weighted by atomic mass is 32.2. The number of furan rings is 1. The standard InChI is InChI=1S/C13H20N2O2S/c16-13(10-18-12-4-6-14-7-5-12)15-8-3-11-2-1-9-17-11/h1-2,9,12,14H,3-8,10H2,(H,15,16). The first-order valence-electron chi connectivity index (χ1n) is 6.46. The molecular weight excluding hydrogens is 248 g/mol. The van der Waals surface area contributed by atoms with Gasteiger partial charge in [0.1, 0.15) is 5.76 Å². The number of hydrogen-bond donors (Lipinski definition) is 2. The monoisotopic (exact) mass is 268 g/mol. The van der Waals surface area contributed by atoms with Gasteiger partial charge in [-0.1, -0.05) is 0 Å². The van der Waals surface area contributed by atoms with Crippen LogP contribution in [0.25, 0.3) is 0 Å². The van der Waals surface area contributed by atoms with Crippen LogP contribution in [0.15, 0.2) is 22.8 Å². The van der Waals surface area contributed by atoms with Crippen LogP contribution in [0.5, 0.6) is 0 Å². The van der Waals surface area contributed by atoms with Crippen LogP contribution in [0.1, 0.15) is 18.6 Å². The lowest BCUT2D eigenvalue weighted by Gasteiger charge is -2.21. The lowest BCUT2D eigenvalue weighted by Crippen LogP contribution is -2.32. The Balaban J connectivity index is 1.54. The average Bonchev–Trinajstić information content (AvgIpc) is 2.91. The van der Waals surface area contributed by atoms with Gasteiger partial charge in [0.25, 0.3) is 0 Å². The Morgan fingerprint density at radius 1 is 1.50 bits per heavy atom. The molecule has 1 aromatic rings. The van der Waals surface area contributed by atoms with E-state index in [1.54, 1.807) is 18.0 Å². The van der Waals surface area contributed by atoms with Gasteiger partial charge in [-0.25, -0.2) is 0 Å². The quantitative estimate of drug-likeness (QED) is 0.819. The third-order valence-electron chi connectivity index (χ3n) is 3.01. The van der Waals surface area contributed by atoms with E-state index in [0.29, 0.717) is 17.5 Å². The molecule has 5 heteroatoms. The van der Waals surface area contributed by atoms with Crippen molar-refractivity contribution < 1.29 is 9.21 Å². The van der Waals surface area contributed by atoms with Crippen molar-refractivity contribution in [3.05, 3.63) is 24.2 Å². The van der Waals surface area contributed by atoms with Crippen LogP contribution >= 0.6 is 11.8 Å². The van der Waals surface area contributed by atoms with Gasteiger partial charge >= 0.3 is 0 Å². The maximum atomic E-state index is 11.6. The molecule has 0 aromatic carbocycles. The number of amides is 1. The number of nitrogens with one attached hydrogen (secondary N) is 2. The summed E-state index contributed by atoms with van der Waals surface area (Å²) < 4.78 is 5.21. The average molecular weight is 268 g/mol. The number of piperidine rings is 1. The number of hydrogen-bond acceptors (Lipinski definition) is 4. The molecule has 2 heterocycles. The summed E-state index contributed by atoms with van der Waals surface area (Å²) in [6.45, 7) is 2.81. The van der Waals surface area contributed by atoms with Crippen LogP contribution in [0.3, 0.4) is 0 Å². The molecule has 0 radical (unpaired) electrons. The number of thioether (sulfide) groups is 1. The van der Waals surface area contributed by atoms with Crippen molar-refractivity contribution in [3.63, 3.8) is 0 Å². The summed E-state index contributed by atoms with van der Waals surface area (Å²) in [6, 6.07) is 3.79. The second kappa shape index (κ2) is 7.48. The van der Waals surface area contributed by atoms with Gasteiger partial charge < -0.3 is 15.1 Å². The smallest absolute Gasteiger partial charge is 0.230 e. The predicted octanol–water partition coefficient (Wildman–Crippen LogP) is 1.42. The third-order valence-corrected chi connectivity index (χ3v) is 4.38. The molecule has 0 spiro atoms. The SMILES string of the molecule is O=C(CSC1CCNCC1)NCCc1ccco1. The lowest BCUT2D eigenvalue weighted by atomic mass is 10.2. The van der Waals surface area contributed by atoms with Crippen LogP contribution in [0, 0.1) is 0 Å². The zero-order valence-electron chi connectivity index (χ0n) is 10.5. The summed E-state index contributed by atoms with van der Waals surface area (Å²) in [4.78, 5) is 11.6. The number of carbonyl (C=O) groups excluding carboxylic acids is 1. The van der Waals surface area contributed by atoms with E-state index in [0.717, 1.165) is 25.3 Å². The van der Waals surface area contributed by atoms with Crippen LogP contribution in [-0.4, -0.2) is 36.5 Å². The molecule has 0 bridgehead atoms. The summed E-state index contributed by atoms with van der Waals surface area (Å²) in [5.41, 5.74) is 0. The zero-order valence-corrected chi connectivity index (χ0v) is 11.3.